The maximum atomic E-state index is 12.5. The minimum atomic E-state index is -3.41. The predicted molar refractivity (Wildman–Crippen MR) is 83.4 cm³/mol. The molecule has 0 radical (unpaired) electrons. The molecule has 0 spiro atoms. The van der Waals surface area contributed by atoms with E-state index < -0.39 is 10.0 Å². The molecule has 1 unspecified atom stereocenters. The smallest absolute Gasteiger partial charge is 0.243 e. The minimum absolute atomic E-state index is 0.0315. The lowest BCUT2D eigenvalue weighted by molar-refractivity contribution is 0.385. The van der Waals surface area contributed by atoms with Gasteiger partial charge in [-0.1, -0.05) is 6.92 Å². The van der Waals surface area contributed by atoms with Crippen LogP contribution in [-0.2, 0) is 10.0 Å². The van der Waals surface area contributed by atoms with Crippen molar-refractivity contribution in [2.75, 3.05) is 31.4 Å². The fourth-order valence-electron chi connectivity index (χ4n) is 1.83. The Hall–Kier alpha value is -0.720. The molecule has 1 N–H and O–H groups in total. The lowest BCUT2D eigenvalue weighted by Crippen LogP contribution is -2.38. The molecule has 0 aliphatic heterocycles. The highest BCUT2D eigenvalue weighted by molar-refractivity contribution is 7.98. The molecule has 1 atom stereocenters. The van der Waals surface area contributed by atoms with E-state index in [0.29, 0.717) is 4.90 Å². The Morgan fingerprint density at radius 2 is 1.89 bits per heavy atom. The number of hydrogen-bond donors (Lipinski definition) is 1. The van der Waals surface area contributed by atoms with Crippen molar-refractivity contribution in [1.82, 2.24) is 4.31 Å². The predicted octanol–water partition coefficient (Wildman–Crippen LogP) is 2.49. The van der Waals surface area contributed by atoms with Crippen LogP contribution in [0.1, 0.15) is 13.3 Å². The van der Waals surface area contributed by atoms with Crippen LogP contribution >= 0.6 is 11.8 Å². The molecule has 0 bridgehead atoms. The number of sulfonamides is 1. The van der Waals surface area contributed by atoms with E-state index in [1.54, 1.807) is 50.1 Å². The van der Waals surface area contributed by atoms with Gasteiger partial charge in [0.2, 0.25) is 10.0 Å². The Kier molecular flexibility index (Phi) is 6.16. The zero-order valence-electron chi connectivity index (χ0n) is 11.9. The van der Waals surface area contributed by atoms with Crippen LogP contribution in [0, 0.1) is 0 Å². The molecule has 4 nitrogen and oxygen atoms in total. The minimum Gasteiger partial charge on any atom is -0.388 e. The van der Waals surface area contributed by atoms with Gasteiger partial charge in [0.05, 0.1) is 4.90 Å². The van der Waals surface area contributed by atoms with Gasteiger partial charge in [-0.15, -0.1) is 0 Å². The van der Waals surface area contributed by atoms with Crippen molar-refractivity contribution in [2.45, 2.75) is 24.3 Å². The highest BCUT2D eigenvalue weighted by Gasteiger charge is 2.26. The topological polar surface area (TPSA) is 49.4 Å². The number of benzene rings is 1. The van der Waals surface area contributed by atoms with E-state index in [1.165, 1.54) is 4.31 Å². The van der Waals surface area contributed by atoms with Crippen LogP contribution in [0.2, 0.25) is 0 Å². The van der Waals surface area contributed by atoms with Crippen molar-refractivity contribution in [3.8, 4) is 0 Å². The third-order valence-corrected chi connectivity index (χ3v) is 5.81. The van der Waals surface area contributed by atoms with Crippen molar-refractivity contribution in [1.29, 1.82) is 0 Å². The van der Waals surface area contributed by atoms with Gasteiger partial charge in [0, 0.05) is 31.6 Å². The summed E-state index contributed by atoms with van der Waals surface area (Å²) in [5, 5.41) is 2.98. The fourth-order valence-corrected chi connectivity index (χ4v) is 4.20. The SMILES string of the molecule is CCC(CSC)N(C)S(=O)(=O)c1ccc(NC)cc1. The van der Waals surface area contributed by atoms with Crippen LogP contribution in [0.4, 0.5) is 5.69 Å². The summed E-state index contributed by atoms with van der Waals surface area (Å²) in [5.41, 5.74) is 0.901. The van der Waals surface area contributed by atoms with E-state index in [-0.39, 0.29) is 6.04 Å². The highest BCUT2D eigenvalue weighted by Crippen LogP contribution is 2.21. The summed E-state index contributed by atoms with van der Waals surface area (Å²) < 4.78 is 26.5. The molecule has 19 heavy (non-hydrogen) atoms. The van der Waals surface area contributed by atoms with E-state index >= 15 is 0 Å². The molecule has 0 amide bonds. The summed E-state index contributed by atoms with van der Waals surface area (Å²) in [6.45, 7) is 2.01. The van der Waals surface area contributed by atoms with Gasteiger partial charge in [0.1, 0.15) is 0 Å². The molecule has 1 aromatic rings. The molecule has 0 saturated heterocycles. The number of nitrogens with zero attached hydrogens (tertiary/aromatic N) is 1. The molecule has 6 heteroatoms. The molecule has 0 aliphatic rings. The number of anilines is 1. The second-order valence-electron chi connectivity index (χ2n) is 4.31. The largest absolute Gasteiger partial charge is 0.388 e. The molecule has 108 valence electrons. The van der Waals surface area contributed by atoms with Crippen LogP contribution in [-0.4, -0.2) is 44.9 Å². The molecule has 0 saturated carbocycles. The first-order chi connectivity index (χ1) is 8.97. The molecule has 1 aromatic carbocycles. The van der Waals surface area contributed by atoms with Gasteiger partial charge in [0.15, 0.2) is 0 Å². The van der Waals surface area contributed by atoms with Crippen molar-refractivity contribution < 1.29 is 8.42 Å². The van der Waals surface area contributed by atoms with E-state index in [1.807, 2.05) is 13.2 Å². The standard InChI is InChI=1S/C13H22N2O2S2/c1-5-12(10-18-4)15(3)19(16,17)13-8-6-11(14-2)7-9-13/h6-9,12,14H,5,10H2,1-4H3. The molecule has 0 heterocycles. The zero-order valence-corrected chi connectivity index (χ0v) is 13.5. The van der Waals surface area contributed by atoms with Gasteiger partial charge in [-0.25, -0.2) is 8.42 Å². The van der Waals surface area contributed by atoms with Crippen LogP contribution in [0.3, 0.4) is 0 Å². The maximum absolute atomic E-state index is 12.5. The molecular weight excluding hydrogens is 280 g/mol. The molecule has 0 aliphatic carbocycles. The third kappa shape index (κ3) is 3.87. The summed E-state index contributed by atoms with van der Waals surface area (Å²) in [7, 11) is 0.0599. The first-order valence-electron chi connectivity index (χ1n) is 6.22. The molecule has 0 fully saturated rings. The summed E-state index contributed by atoms with van der Waals surface area (Å²) in [6, 6.07) is 6.86. The Morgan fingerprint density at radius 1 is 1.32 bits per heavy atom. The Morgan fingerprint density at radius 3 is 2.32 bits per heavy atom. The van der Waals surface area contributed by atoms with E-state index in [2.05, 4.69) is 5.32 Å². The van der Waals surface area contributed by atoms with Gasteiger partial charge < -0.3 is 5.32 Å². The summed E-state index contributed by atoms with van der Waals surface area (Å²) >= 11 is 1.66. The Balaban J connectivity index is 3.00. The monoisotopic (exact) mass is 302 g/mol. The maximum Gasteiger partial charge on any atom is 0.243 e. The second-order valence-corrected chi connectivity index (χ2v) is 7.22. The number of thioether (sulfide) groups is 1. The van der Waals surface area contributed by atoms with Gasteiger partial charge >= 0.3 is 0 Å². The summed E-state index contributed by atoms with van der Waals surface area (Å²) in [5.74, 6) is 0.806. The van der Waals surface area contributed by atoms with Crippen LogP contribution in [0.15, 0.2) is 29.2 Å². The van der Waals surface area contributed by atoms with Gasteiger partial charge in [-0.2, -0.15) is 16.1 Å². The second kappa shape index (κ2) is 7.17. The van der Waals surface area contributed by atoms with Crippen molar-refractivity contribution in [2.24, 2.45) is 0 Å². The van der Waals surface area contributed by atoms with Crippen molar-refractivity contribution >= 4 is 27.5 Å². The van der Waals surface area contributed by atoms with Crippen LogP contribution in [0.25, 0.3) is 0 Å². The average Bonchev–Trinajstić information content (AvgIpc) is 2.44. The van der Waals surface area contributed by atoms with Gasteiger partial charge in [-0.05, 0) is 36.9 Å². The van der Waals surface area contributed by atoms with Gasteiger partial charge in [-0.3, -0.25) is 0 Å². The average molecular weight is 302 g/mol. The lowest BCUT2D eigenvalue weighted by Gasteiger charge is -2.26. The van der Waals surface area contributed by atoms with E-state index in [4.69, 9.17) is 0 Å². The number of nitrogens with one attached hydrogen (secondary N) is 1. The molecule has 0 aromatic heterocycles. The summed E-state index contributed by atoms with van der Waals surface area (Å²) in [6.07, 6.45) is 2.80. The van der Waals surface area contributed by atoms with Crippen molar-refractivity contribution in [3.63, 3.8) is 0 Å². The number of hydrogen-bond acceptors (Lipinski definition) is 4. The summed E-state index contributed by atoms with van der Waals surface area (Å²) in [4.78, 5) is 0.341. The lowest BCUT2D eigenvalue weighted by atomic mass is 10.3. The highest BCUT2D eigenvalue weighted by atomic mass is 32.2. The molecule has 1 rings (SSSR count). The van der Waals surface area contributed by atoms with Gasteiger partial charge in [0.25, 0.3) is 0 Å². The normalized spacial score (nSPS) is 13.5. The van der Waals surface area contributed by atoms with Crippen LogP contribution < -0.4 is 5.32 Å². The first kappa shape index (κ1) is 16.3. The number of rotatable bonds is 7. The zero-order chi connectivity index (χ0) is 14.5. The fraction of sp³-hybridized carbons (Fsp3) is 0.538. The quantitative estimate of drug-likeness (QED) is 0.841. The Labute approximate surface area is 120 Å². The Bertz CT molecular complexity index is 486. The third-order valence-electron chi connectivity index (χ3n) is 3.16. The first-order valence-corrected chi connectivity index (χ1v) is 9.05. The molecular formula is C13H22N2O2S2. The van der Waals surface area contributed by atoms with Crippen LogP contribution in [0.5, 0.6) is 0 Å². The van der Waals surface area contributed by atoms with Crippen molar-refractivity contribution in [3.05, 3.63) is 24.3 Å². The van der Waals surface area contributed by atoms with E-state index in [9.17, 15) is 8.42 Å². The van der Waals surface area contributed by atoms with E-state index in [0.717, 1.165) is 17.9 Å².